The molecule has 0 aromatic heterocycles. The van der Waals surface area contributed by atoms with Gasteiger partial charge in [0.25, 0.3) is 0 Å². The first-order valence-corrected chi connectivity index (χ1v) is 9.08. The van der Waals surface area contributed by atoms with E-state index in [1.807, 2.05) is 6.56 Å². The van der Waals surface area contributed by atoms with E-state index in [1.165, 1.54) is 25.7 Å². The zero-order chi connectivity index (χ0) is 12.2. The molecule has 0 radical (unpaired) electrons. The molecule has 0 N–H and O–H groups in total. The first-order chi connectivity index (χ1) is 8.08. The van der Waals surface area contributed by atoms with Gasteiger partial charge in [0.1, 0.15) is 0 Å². The van der Waals surface area contributed by atoms with Gasteiger partial charge < -0.3 is 24.8 Å². The van der Waals surface area contributed by atoms with Crippen molar-refractivity contribution in [1.29, 1.82) is 0 Å². The van der Waals surface area contributed by atoms with Crippen molar-refractivity contribution in [3.8, 4) is 0 Å². The SMILES string of the molecule is CC1=C2CCC3=C(C)C(C)=[C](C3)[Zr+2][C](=C1C)C2.[Cl-].[Cl-]. The van der Waals surface area contributed by atoms with Gasteiger partial charge in [-0.1, -0.05) is 0 Å². The van der Waals surface area contributed by atoms with Gasteiger partial charge in [-0.2, -0.15) is 0 Å². The number of rotatable bonds is 0. The van der Waals surface area contributed by atoms with Crippen LogP contribution in [0.1, 0.15) is 53.4 Å². The van der Waals surface area contributed by atoms with Crippen molar-refractivity contribution in [2.75, 3.05) is 0 Å². The largest absolute Gasteiger partial charge is 1.00 e. The first-order valence-electron chi connectivity index (χ1n) is 6.62. The Bertz CT molecular complexity index is 485. The molecule has 4 bridgehead atoms. The molecule has 1 fully saturated rings. The molecule has 3 rings (SSSR count). The summed E-state index contributed by atoms with van der Waals surface area (Å²) in [4.78, 5) is 0. The van der Waals surface area contributed by atoms with Crippen LogP contribution >= 0.6 is 0 Å². The maximum atomic E-state index is 2.37. The van der Waals surface area contributed by atoms with Gasteiger partial charge in [-0.15, -0.1) is 0 Å². The second kappa shape index (κ2) is 6.46. The summed E-state index contributed by atoms with van der Waals surface area (Å²) in [6.45, 7) is 9.43. The number of hydrogen-bond donors (Lipinski definition) is 0. The average Bonchev–Trinajstić information content (AvgIpc) is 2.76. The second-order valence-electron chi connectivity index (χ2n) is 5.64. The van der Waals surface area contributed by atoms with E-state index in [0.29, 0.717) is 0 Å². The van der Waals surface area contributed by atoms with Crippen molar-refractivity contribution >= 4 is 0 Å². The Hall–Kier alpha value is 0.423. The first kappa shape index (κ1) is 17.5. The summed E-state index contributed by atoms with van der Waals surface area (Å²) in [6.07, 6.45) is 5.32. The van der Waals surface area contributed by atoms with Gasteiger partial charge in [0, 0.05) is 0 Å². The Morgan fingerprint density at radius 2 is 1.00 bits per heavy atom. The minimum Gasteiger partial charge on any atom is -1.00 e. The smallest absolute Gasteiger partial charge is 1.00 e. The van der Waals surface area contributed by atoms with Crippen LogP contribution in [0, 0.1) is 0 Å². The number of halogens is 2. The van der Waals surface area contributed by atoms with Crippen LogP contribution in [-0.2, 0) is 23.2 Å². The Kier molecular flexibility index (Phi) is 5.94. The quantitative estimate of drug-likeness (QED) is 0.503. The van der Waals surface area contributed by atoms with Crippen molar-refractivity contribution < 1.29 is 48.0 Å². The summed E-state index contributed by atoms with van der Waals surface area (Å²) < 4.78 is 3.73. The van der Waals surface area contributed by atoms with Gasteiger partial charge in [-0.05, 0) is 0 Å². The Morgan fingerprint density at radius 1 is 0.632 bits per heavy atom. The fraction of sp³-hybridized carbons (Fsp3) is 0.500. The molecule has 0 aromatic rings. The van der Waals surface area contributed by atoms with Crippen LogP contribution in [0.2, 0.25) is 0 Å². The van der Waals surface area contributed by atoms with E-state index in [0.717, 1.165) is 0 Å². The molecule has 1 aliphatic heterocycles. The van der Waals surface area contributed by atoms with Crippen LogP contribution < -0.4 is 24.8 Å². The second-order valence-corrected chi connectivity index (χ2v) is 9.22. The third-order valence-electron chi connectivity index (χ3n) is 4.90. The summed E-state index contributed by atoms with van der Waals surface area (Å²) in [5, 5.41) is 0. The van der Waals surface area contributed by atoms with Crippen molar-refractivity contribution in [3.63, 3.8) is 0 Å². The van der Waals surface area contributed by atoms with Crippen LogP contribution in [-0.4, -0.2) is 0 Å². The molecule has 0 saturated carbocycles. The average molecular weight is 374 g/mol. The third kappa shape index (κ3) is 2.90. The Labute approximate surface area is 140 Å². The summed E-state index contributed by atoms with van der Waals surface area (Å²) in [5.74, 6) is 0. The Morgan fingerprint density at radius 3 is 1.37 bits per heavy atom. The van der Waals surface area contributed by atoms with E-state index in [9.17, 15) is 0 Å². The molecule has 0 spiro atoms. The molecule has 3 heteroatoms. The minimum atomic E-state index is -0.451. The molecule has 0 atom stereocenters. The van der Waals surface area contributed by atoms with Crippen LogP contribution in [0.25, 0.3) is 0 Å². The summed E-state index contributed by atoms with van der Waals surface area (Å²) >= 11 is -0.451. The number of fused-ring (bicyclic) bond motifs is 4. The molecule has 1 heterocycles. The van der Waals surface area contributed by atoms with Crippen LogP contribution in [0.5, 0.6) is 0 Å². The van der Waals surface area contributed by atoms with Gasteiger partial charge in [0.05, 0.1) is 0 Å². The van der Waals surface area contributed by atoms with Gasteiger partial charge >= 0.3 is 117 Å². The summed E-state index contributed by atoms with van der Waals surface area (Å²) in [6, 6.07) is 0. The number of hydrogen-bond acceptors (Lipinski definition) is 0. The third-order valence-corrected chi connectivity index (χ3v) is 9.10. The summed E-state index contributed by atoms with van der Waals surface area (Å²) in [7, 11) is 0. The minimum absolute atomic E-state index is 0. The maximum Gasteiger partial charge on any atom is -1.00 e. The molecule has 2 aliphatic carbocycles. The molecule has 19 heavy (non-hydrogen) atoms. The van der Waals surface area contributed by atoms with Crippen molar-refractivity contribution in [2.24, 2.45) is 0 Å². The molecule has 0 unspecified atom stereocenters. The van der Waals surface area contributed by atoms with E-state index < -0.39 is 23.2 Å². The van der Waals surface area contributed by atoms with Crippen LogP contribution in [0.15, 0.2) is 40.0 Å². The van der Waals surface area contributed by atoms with E-state index in [1.54, 1.807) is 33.4 Å². The van der Waals surface area contributed by atoms with Crippen LogP contribution in [0.4, 0.5) is 0 Å². The van der Waals surface area contributed by atoms with Gasteiger partial charge in [0.2, 0.25) is 0 Å². The van der Waals surface area contributed by atoms with Gasteiger partial charge in [0.15, 0.2) is 0 Å². The Balaban J connectivity index is 0.000000902. The molecular weight excluding hydrogens is 354 g/mol. The molecule has 0 amide bonds. The topological polar surface area (TPSA) is 0 Å². The normalized spacial score (nSPS) is 21.3. The van der Waals surface area contributed by atoms with Crippen LogP contribution in [0.3, 0.4) is 0 Å². The van der Waals surface area contributed by atoms with E-state index >= 15 is 0 Å². The molecule has 1 saturated heterocycles. The predicted molar refractivity (Wildman–Crippen MR) is 69.3 cm³/mol. The molecular formula is C16H20Cl2Zr. The van der Waals surface area contributed by atoms with E-state index in [-0.39, 0.29) is 24.8 Å². The molecule has 0 nitrogen and oxygen atoms in total. The van der Waals surface area contributed by atoms with E-state index in [2.05, 4.69) is 27.7 Å². The monoisotopic (exact) mass is 372 g/mol. The fourth-order valence-electron chi connectivity index (χ4n) is 3.25. The standard InChI is InChI=1S/C16H20.2ClH.Zr/c1-11-5-7-15(13(11)3)9-10-16-8-6-12(2)14(16)4;;;/h7-10H2,1-4H3;2*1H;/q;;;+2/p-2. The maximum absolute atomic E-state index is 2.37. The van der Waals surface area contributed by atoms with Crippen molar-refractivity contribution in [2.45, 2.75) is 53.4 Å². The predicted octanol–water partition coefficient (Wildman–Crippen LogP) is -1.14. The van der Waals surface area contributed by atoms with E-state index in [4.69, 9.17) is 0 Å². The zero-order valence-electron chi connectivity index (χ0n) is 12.1. The van der Waals surface area contributed by atoms with Gasteiger partial charge in [-0.25, -0.2) is 0 Å². The molecule has 3 aliphatic rings. The molecule has 102 valence electrons. The molecule has 0 aromatic carbocycles. The zero-order valence-corrected chi connectivity index (χ0v) is 16.1. The summed E-state index contributed by atoms with van der Waals surface area (Å²) in [5.41, 5.74) is 10.1. The van der Waals surface area contributed by atoms with Crippen molar-refractivity contribution in [1.82, 2.24) is 0 Å². The van der Waals surface area contributed by atoms with Crippen molar-refractivity contribution in [3.05, 3.63) is 40.0 Å². The number of allylic oxidation sites excluding steroid dienone is 8. The van der Waals surface area contributed by atoms with Gasteiger partial charge in [-0.3, -0.25) is 0 Å². The fourth-order valence-corrected chi connectivity index (χ4v) is 7.47.